The van der Waals surface area contributed by atoms with Gasteiger partial charge in [-0.05, 0) is 0 Å². The number of aliphatic hydroxyl groups excluding tert-OH is 1. The molecule has 10 nitrogen and oxygen atoms in total. The molecule has 14 heteroatoms. The summed E-state index contributed by atoms with van der Waals surface area (Å²) in [5.41, 5.74) is -1.64. The van der Waals surface area contributed by atoms with E-state index in [-0.39, 0.29) is 0 Å². The first kappa shape index (κ1) is 18.1. The highest BCUT2D eigenvalue weighted by molar-refractivity contribution is 7.46. The number of H-pyrrole nitrogens is 1. The standard InChI is InChI=1S/C9H14B2FN2O8P/c10-9(11,22-23(18,19)20)6-5(16)4(12)7(21-6)14-2-1-3(15)13-8(14)17/h1-2,4-7,16H,10-11H2,(H,13,15,17)(H2,18,19,20). The Morgan fingerprint density at radius 3 is 2.57 bits per heavy atom. The zero-order valence-corrected chi connectivity index (χ0v) is 13.0. The lowest BCUT2D eigenvalue weighted by molar-refractivity contribution is -0.0725. The van der Waals surface area contributed by atoms with E-state index in [0.717, 1.165) is 16.8 Å². The normalized spacial score (nSPS) is 28.9. The van der Waals surface area contributed by atoms with Crippen LogP contribution in [0.15, 0.2) is 21.9 Å². The predicted octanol–water partition coefficient (Wildman–Crippen LogP) is -3.84. The number of aromatic amines is 1. The molecule has 2 heterocycles. The van der Waals surface area contributed by atoms with Gasteiger partial charge in [0.05, 0.1) is 0 Å². The van der Waals surface area contributed by atoms with Crippen LogP contribution >= 0.6 is 7.82 Å². The zero-order valence-electron chi connectivity index (χ0n) is 12.1. The number of halogens is 1. The van der Waals surface area contributed by atoms with Crippen molar-refractivity contribution in [3.05, 3.63) is 33.1 Å². The van der Waals surface area contributed by atoms with E-state index >= 15 is 0 Å². The molecule has 1 fully saturated rings. The Bertz CT molecular complexity index is 748. The third-order valence-electron chi connectivity index (χ3n) is 3.36. The number of aliphatic hydroxyl groups is 1. The fourth-order valence-electron chi connectivity index (χ4n) is 2.42. The second-order valence-corrected chi connectivity index (χ2v) is 6.75. The molecule has 1 aliphatic rings. The Balaban J connectivity index is 2.33. The van der Waals surface area contributed by atoms with E-state index in [1.54, 1.807) is 0 Å². The zero-order chi connectivity index (χ0) is 17.6. The van der Waals surface area contributed by atoms with Crippen LogP contribution in [0, 0.1) is 0 Å². The fourth-order valence-corrected chi connectivity index (χ4v) is 3.14. The third-order valence-corrected chi connectivity index (χ3v) is 4.07. The van der Waals surface area contributed by atoms with Gasteiger partial charge < -0.3 is 19.6 Å². The number of phosphoric ester groups is 1. The Morgan fingerprint density at radius 2 is 2.04 bits per heavy atom. The summed E-state index contributed by atoms with van der Waals surface area (Å²) in [7, 11) is -2.53. The molecule has 23 heavy (non-hydrogen) atoms. The summed E-state index contributed by atoms with van der Waals surface area (Å²) in [4.78, 5) is 42.4. The molecule has 0 spiro atoms. The summed E-state index contributed by atoms with van der Waals surface area (Å²) in [6, 6.07) is 0.967. The van der Waals surface area contributed by atoms with Crippen LogP contribution in [-0.4, -0.2) is 63.9 Å². The number of hydrogen-bond acceptors (Lipinski definition) is 6. The number of aromatic nitrogens is 2. The minimum Gasteiger partial charge on any atom is -0.387 e. The topological polar surface area (TPSA) is 151 Å². The monoisotopic (exact) mass is 350 g/mol. The first-order valence-electron chi connectivity index (χ1n) is 6.48. The molecule has 0 aliphatic carbocycles. The molecule has 1 aromatic heterocycles. The van der Waals surface area contributed by atoms with E-state index in [4.69, 9.17) is 14.5 Å². The van der Waals surface area contributed by atoms with Crippen LogP contribution in [0.4, 0.5) is 4.39 Å². The lowest BCUT2D eigenvalue weighted by Gasteiger charge is -2.33. The number of nitrogens with one attached hydrogen (secondary N) is 1. The van der Waals surface area contributed by atoms with Crippen LogP contribution in [0.25, 0.3) is 0 Å². The van der Waals surface area contributed by atoms with Crippen molar-refractivity contribution in [3.63, 3.8) is 0 Å². The minimum atomic E-state index is -4.92. The van der Waals surface area contributed by atoms with Crippen molar-refractivity contribution in [1.29, 1.82) is 0 Å². The number of alkyl halides is 1. The van der Waals surface area contributed by atoms with Crippen LogP contribution in [0.5, 0.6) is 0 Å². The molecule has 126 valence electrons. The Labute approximate surface area is 130 Å². The van der Waals surface area contributed by atoms with Gasteiger partial charge in [-0.2, -0.15) is 0 Å². The molecule has 1 aromatic rings. The Morgan fingerprint density at radius 1 is 1.43 bits per heavy atom. The molecule has 2 rings (SSSR count). The van der Waals surface area contributed by atoms with Crippen molar-refractivity contribution in [2.75, 3.05) is 0 Å². The van der Waals surface area contributed by atoms with E-state index < -0.39 is 49.1 Å². The van der Waals surface area contributed by atoms with Crippen LogP contribution in [-0.2, 0) is 13.8 Å². The second kappa shape index (κ2) is 6.00. The summed E-state index contributed by atoms with van der Waals surface area (Å²) in [5, 5.41) is 8.20. The summed E-state index contributed by atoms with van der Waals surface area (Å²) >= 11 is 0. The summed E-state index contributed by atoms with van der Waals surface area (Å²) in [5.74, 6) is 0. The number of nitrogens with zero attached hydrogens (tertiary/aromatic N) is 1. The van der Waals surface area contributed by atoms with Gasteiger partial charge in [-0.3, -0.25) is 18.9 Å². The highest BCUT2D eigenvalue weighted by atomic mass is 31.2. The molecular formula is C9H14B2FN2O8P. The number of ether oxygens (including phenoxy) is 1. The maximum Gasteiger partial charge on any atom is 0.468 e. The lowest BCUT2D eigenvalue weighted by Crippen LogP contribution is -2.51. The van der Waals surface area contributed by atoms with Gasteiger partial charge in [-0.25, -0.2) is 13.8 Å². The van der Waals surface area contributed by atoms with Crippen LogP contribution < -0.4 is 11.2 Å². The van der Waals surface area contributed by atoms with Gasteiger partial charge in [-0.15, -0.1) is 0 Å². The molecule has 4 atom stereocenters. The van der Waals surface area contributed by atoms with Crippen LogP contribution in [0.1, 0.15) is 6.23 Å². The van der Waals surface area contributed by atoms with Crippen molar-refractivity contribution in [3.8, 4) is 0 Å². The first-order valence-corrected chi connectivity index (χ1v) is 8.01. The van der Waals surface area contributed by atoms with E-state index in [1.807, 2.05) is 4.98 Å². The average molecular weight is 350 g/mol. The summed E-state index contributed by atoms with van der Waals surface area (Å²) in [6.45, 7) is 0. The lowest BCUT2D eigenvalue weighted by atomic mass is 9.61. The smallest absolute Gasteiger partial charge is 0.387 e. The van der Waals surface area contributed by atoms with Gasteiger partial charge in [0.15, 0.2) is 12.4 Å². The maximum atomic E-state index is 14.3. The maximum absolute atomic E-state index is 14.3. The quantitative estimate of drug-likeness (QED) is 0.319. The van der Waals surface area contributed by atoms with Crippen molar-refractivity contribution >= 4 is 23.5 Å². The largest absolute Gasteiger partial charge is 0.468 e. The average Bonchev–Trinajstić information content (AvgIpc) is 2.65. The SMILES string of the molecule is BC(B)(OP(=O)(O)O)C1OC(n2ccc(=O)[nH]c2=O)C(F)C1O. The fraction of sp³-hybridized carbons (Fsp3) is 0.556. The Hall–Kier alpha value is -1.23. The minimum absolute atomic E-state index is 0.693. The molecule has 0 radical (unpaired) electrons. The van der Waals surface area contributed by atoms with Gasteiger partial charge in [0.1, 0.15) is 27.9 Å². The molecule has 4 unspecified atom stereocenters. The third kappa shape index (κ3) is 3.82. The second-order valence-electron chi connectivity index (χ2n) is 5.58. The van der Waals surface area contributed by atoms with Gasteiger partial charge in [-0.1, -0.05) is 0 Å². The summed E-state index contributed by atoms with van der Waals surface area (Å²) < 4.78 is 35.8. The molecule has 0 saturated carbocycles. The highest BCUT2D eigenvalue weighted by Gasteiger charge is 2.53. The summed E-state index contributed by atoms with van der Waals surface area (Å²) in [6.07, 6.45) is -5.94. The van der Waals surface area contributed by atoms with E-state index in [9.17, 15) is 23.7 Å². The van der Waals surface area contributed by atoms with Crippen molar-refractivity contribution < 1.29 is 33.1 Å². The van der Waals surface area contributed by atoms with Crippen molar-refractivity contribution in [1.82, 2.24) is 9.55 Å². The van der Waals surface area contributed by atoms with E-state index in [1.165, 1.54) is 15.7 Å². The molecule has 4 N–H and O–H groups in total. The number of rotatable bonds is 4. The van der Waals surface area contributed by atoms with Crippen LogP contribution in [0.3, 0.4) is 0 Å². The molecule has 1 saturated heterocycles. The molecule has 1 aliphatic heterocycles. The molecular weight excluding hydrogens is 336 g/mol. The van der Waals surface area contributed by atoms with E-state index in [2.05, 4.69) is 4.52 Å². The van der Waals surface area contributed by atoms with E-state index in [0.29, 0.717) is 0 Å². The highest BCUT2D eigenvalue weighted by Crippen LogP contribution is 2.44. The van der Waals surface area contributed by atoms with Crippen molar-refractivity contribution in [2.45, 2.75) is 30.0 Å². The molecule has 0 bridgehead atoms. The first-order chi connectivity index (χ1) is 10.4. The van der Waals surface area contributed by atoms with Gasteiger partial charge in [0.25, 0.3) is 5.56 Å². The molecule has 0 aromatic carbocycles. The van der Waals surface area contributed by atoms with Crippen molar-refractivity contribution in [2.24, 2.45) is 0 Å². The van der Waals surface area contributed by atoms with Crippen LogP contribution in [0.2, 0.25) is 0 Å². The van der Waals surface area contributed by atoms with Gasteiger partial charge >= 0.3 is 13.5 Å². The molecule has 0 amide bonds. The predicted molar refractivity (Wildman–Crippen MR) is 79.1 cm³/mol. The van der Waals surface area contributed by atoms with Gasteiger partial charge in [0.2, 0.25) is 0 Å². The number of phosphoric acid groups is 1. The number of hydrogen-bond donors (Lipinski definition) is 4. The van der Waals surface area contributed by atoms with Gasteiger partial charge in [0, 0.05) is 17.7 Å². The Kier molecular flexibility index (Phi) is 4.73.